The van der Waals surface area contributed by atoms with Crippen LogP contribution in [-0.4, -0.2) is 27.3 Å². The van der Waals surface area contributed by atoms with E-state index in [0.717, 1.165) is 11.3 Å². The first-order chi connectivity index (χ1) is 13.8. The Hall–Kier alpha value is -2.52. The molecule has 2 aromatic heterocycles. The van der Waals surface area contributed by atoms with Crippen LogP contribution in [0.3, 0.4) is 0 Å². The van der Waals surface area contributed by atoms with Crippen molar-refractivity contribution >= 4 is 34.0 Å². The molecule has 0 saturated carbocycles. The molecule has 6 nitrogen and oxygen atoms in total. The van der Waals surface area contributed by atoms with E-state index < -0.39 is 12.7 Å². The van der Waals surface area contributed by atoms with Gasteiger partial charge in [-0.25, -0.2) is 4.98 Å². The molecule has 10 heteroatoms. The molecule has 1 aromatic carbocycles. The van der Waals surface area contributed by atoms with Crippen molar-refractivity contribution in [2.24, 2.45) is 0 Å². The summed E-state index contributed by atoms with van der Waals surface area (Å²) in [5.74, 6) is -0.168. The molecular weight excluding hydrogens is 422 g/mol. The molecule has 0 aliphatic heterocycles. The summed E-state index contributed by atoms with van der Waals surface area (Å²) in [6.07, 6.45) is 0.536. The highest BCUT2D eigenvalue weighted by Gasteiger charge is 2.24. The number of rotatable bonds is 7. The van der Waals surface area contributed by atoms with Crippen LogP contribution in [0.5, 0.6) is 5.75 Å². The first-order valence-electron chi connectivity index (χ1n) is 8.83. The molecule has 29 heavy (non-hydrogen) atoms. The summed E-state index contributed by atoms with van der Waals surface area (Å²) in [5, 5.41) is 9.94. The number of halogens is 3. The van der Waals surface area contributed by atoms with Crippen molar-refractivity contribution in [1.29, 1.82) is 0 Å². The van der Waals surface area contributed by atoms with Crippen LogP contribution in [0.1, 0.15) is 30.8 Å². The van der Waals surface area contributed by atoms with Crippen LogP contribution in [0.4, 0.5) is 13.9 Å². The van der Waals surface area contributed by atoms with E-state index in [0.29, 0.717) is 28.0 Å². The number of aromatic nitrogens is 3. The number of carbonyl (C=O) groups is 1. The Morgan fingerprint density at radius 1 is 1.31 bits per heavy atom. The third-order valence-corrected chi connectivity index (χ3v) is 5.64. The van der Waals surface area contributed by atoms with Gasteiger partial charge in [-0.2, -0.15) is 13.9 Å². The first-order valence-corrected chi connectivity index (χ1v) is 10.1. The zero-order valence-electron chi connectivity index (χ0n) is 15.9. The standard InChI is InChI=1S/C19H19ClF2N4O2S/c1-4-15(26-11(3)16(20)10(2)25-26)17(27)24-19-23-14(9-29-19)12-5-7-13(8-6-12)28-18(21)22/h5-9,15,18H,4H2,1-3H3,(H,23,24,27). The molecule has 0 aliphatic rings. The number of thiazole rings is 1. The molecule has 0 fully saturated rings. The molecule has 1 amide bonds. The van der Waals surface area contributed by atoms with E-state index >= 15 is 0 Å². The fourth-order valence-electron chi connectivity index (χ4n) is 2.88. The van der Waals surface area contributed by atoms with Crippen LogP contribution in [0.25, 0.3) is 11.3 Å². The molecular formula is C19H19ClF2N4O2S. The molecule has 2 heterocycles. The smallest absolute Gasteiger partial charge is 0.387 e. The van der Waals surface area contributed by atoms with Crippen molar-refractivity contribution in [2.75, 3.05) is 5.32 Å². The predicted octanol–water partition coefficient (Wildman–Crippen LogP) is 5.47. The van der Waals surface area contributed by atoms with Crippen molar-refractivity contribution in [3.05, 3.63) is 46.1 Å². The lowest BCUT2D eigenvalue weighted by atomic mass is 10.2. The minimum Gasteiger partial charge on any atom is -0.435 e. The quantitative estimate of drug-likeness (QED) is 0.529. The van der Waals surface area contributed by atoms with E-state index in [1.54, 1.807) is 29.1 Å². The number of nitrogens with zero attached hydrogens (tertiary/aromatic N) is 3. The second-order valence-electron chi connectivity index (χ2n) is 6.28. The van der Waals surface area contributed by atoms with Gasteiger partial charge in [0, 0.05) is 10.9 Å². The SMILES string of the molecule is CCC(C(=O)Nc1nc(-c2ccc(OC(F)F)cc2)cs1)n1nc(C)c(Cl)c1C. The van der Waals surface area contributed by atoms with Gasteiger partial charge in [0.05, 0.1) is 22.1 Å². The Bertz CT molecular complexity index is 1000. The lowest BCUT2D eigenvalue weighted by Gasteiger charge is -2.16. The molecule has 0 saturated heterocycles. The van der Waals surface area contributed by atoms with E-state index in [2.05, 4.69) is 20.1 Å². The van der Waals surface area contributed by atoms with E-state index in [1.807, 2.05) is 13.8 Å². The zero-order chi connectivity index (χ0) is 21.1. The van der Waals surface area contributed by atoms with Crippen LogP contribution < -0.4 is 10.1 Å². The van der Waals surface area contributed by atoms with E-state index in [9.17, 15) is 13.6 Å². The van der Waals surface area contributed by atoms with Crippen molar-refractivity contribution < 1.29 is 18.3 Å². The molecule has 0 bridgehead atoms. The molecule has 3 rings (SSSR count). The highest BCUT2D eigenvalue weighted by molar-refractivity contribution is 7.14. The number of hydrogen-bond donors (Lipinski definition) is 1. The van der Waals surface area contributed by atoms with Crippen molar-refractivity contribution in [3.8, 4) is 17.0 Å². The molecule has 1 unspecified atom stereocenters. The summed E-state index contributed by atoms with van der Waals surface area (Å²) in [6, 6.07) is 5.63. The Morgan fingerprint density at radius 2 is 2.00 bits per heavy atom. The fraction of sp³-hybridized carbons (Fsp3) is 0.316. The molecule has 3 aromatic rings. The van der Waals surface area contributed by atoms with Crippen LogP contribution in [-0.2, 0) is 4.79 Å². The van der Waals surface area contributed by atoms with Gasteiger partial charge in [-0.05, 0) is 44.5 Å². The van der Waals surface area contributed by atoms with Gasteiger partial charge in [-0.3, -0.25) is 9.48 Å². The summed E-state index contributed by atoms with van der Waals surface area (Å²) in [4.78, 5) is 17.2. The molecule has 1 atom stereocenters. The second-order valence-corrected chi connectivity index (χ2v) is 7.52. The third kappa shape index (κ3) is 4.73. The minimum absolute atomic E-state index is 0.0711. The Morgan fingerprint density at radius 3 is 2.55 bits per heavy atom. The van der Waals surface area contributed by atoms with Crippen LogP contribution >= 0.6 is 22.9 Å². The molecule has 1 N–H and O–H groups in total. The number of alkyl halides is 2. The number of amides is 1. The molecule has 0 radical (unpaired) electrons. The third-order valence-electron chi connectivity index (χ3n) is 4.33. The van der Waals surface area contributed by atoms with Crippen LogP contribution in [0, 0.1) is 13.8 Å². The summed E-state index contributed by atoms with van der Waals surface area (Å²) in [7, 11) is 0. The average molecular weight is 441 g/mol. The number of aryl methyl sites for hydroxylation is 1. The topological polar surface area (TPSA) is 69.0 Å². The van der Waals surface area contributed by atoms with Crippen molar-refractivity contribution in [1.82, 2.24) is 14.8 Å². The van der Waals surface area contributed by atoms with Gasteiger partial charge in [0.25, 0.3) is 5.91 Å². The van der Waals surface area contributed by atoms with Gasteiger partial charge in [0.1, 0.15) is 11.8 Å². The van der Waals surface area contributed by atoms with Gasteiger partial charge in [0.2, 0.25) is 0 Å². The highest BCUT2D eigenvalue weighted by Crippen LogP contribution is 2.29. The van der Waals surface area contributed by atoms with E-state index in [-0.39, 0.29) is 11.7 Å². The summed E-state index contributed by atoms with van der Waals surface area (Å²) < 4.78 is 30.5. The molecule has 0 aliphatic carbocycles. The summed E-state index contributed by atoms with van der Waals surface area (Å²) >= 11 is 7.47. The average Bonchev–Trinajstić information content (AvgIpc) is 3.23. The number of ether oxygens (including phenoxy) is 1. The normalized spacial score (nSPS) is 12.2. The summed E-state index contributed by atoms with van der Waals surface area (Å²) in [6.45, 7) is 2.64. The van der Waals surface area contributed by atoms with Gasteiger partial charge < -0.3 is 10.1 Å². The van der Waals surface area contributed by atoms with Crippen molar-refractivity contribution in [2.45, 2.75) is 39.8 Å². The Labute approximate surface area is 175 Å². The van der Waals surface area contributed by atoms with Gasteiger partial charge in [-0.15, -0.1) is 11.3 Å². The highest BCUT2D eigenvalue weighted by atomic mass is 35.5. The second kappa shape index (κ2) is 8.87. The maximum atomic E-state index is 12.8. The van der Waals surface area contributed by atoms with Gasteiger partial charge in [0.15, 0.2) is 5.13 Å². The lowest BCUT2D eigenvalue weighted by molar-refractivity contribution is -0.119. The molecule has 0 spiro atoms. The maximum absolute atomic E-state index is 12.8. The van der Waals surface area contributed by atoms with Crippen molar-refractivity contribution in [3.63, 3.8) is 0 Å². The molecule has 154 valence electrons. The van der Waals surface area contributed by atoms with E-state index in [1.165, 1.54) is 23.5 Å². The number of hydrogen-bond acceptors (Lipinski definition) is 5. The Balaban J connectivity index is 1.73. The van der Waals surface area contributed by atoms with Crippen LogP contribution in [0.15, 0.2) is 29.6 Å². The Kier molecular flexibility index (Phi) is 6.49. The monoisotopic (exact) mass is 440 g/mol. The first kappa shape index (κ1) is 21.2. The van der Waals surface area contributed by atoms with Gasteiger partial charge in [-0.1, -0.05) is 18.5 Å². The zero-order valence-corrected chi connectivity index (χ0v) is 17.5. The summed E-state index contributed by atoms with van der Waals surface area (Å²) in [5.41, 5.74) is 2.75. The van der Waals surface area contributed by atoms with E-state index in [4.69, 9.17) is 11.6 Å². The van der Waals surface area contributed by atoms with Crippen LogP contribution in [0.2, 0.25) is 5.02 Å². The lowest BCUT2D eigenvalue weighted by Crippen LogP contribution is -2.27. The number of anilines is 1. The number of carbonyl (C=O) groups excluding carboxylic acids is 1. The number of nitrogens with one attached hydrogen (secondary N) is 1. The minimum atomic E-state index is -2.87. The van der Waals surface area contributed by atoms with Gasteiger partial charge >= 0.3 is 6.61 Å². The fourth-order valence-corrected chi connectivity index (χ4v) is 3.72. The predicted molar refractivity (Wildman–Crippen MR) is 109 cm³/mol. The number of benzene rings is 1. The maximum Gasteiger partial charge on any atom is 0.387 e. The largest absolute Gasteiger partial charge is 0.435 e.